The monoisotopic (exact) mass is 582 g/mol. The minimum absolute atomic E-state index is 0.00666. The van der Waals surface area contributed by atoms with Gasteiger partial charge >= 0.3 is 6.01 Å². The summed E-state index contributed by atoms with van der Waals surface area (Å²) in [5, 5.41) is 4.89. The zero-order valence-corrected chi connectivity index (χ0v) is 23.6. The molecule has 4 atom stereocenters. The number of ether oxygens (including phenoxy) is 1. The van der Waals surface area contributed by atoms with Gasteiger partial charge in [-0.1, -0.05) is 30.2 Å². The number of hydrogen-bond donors (Lipinski definition) is 1. The van der Waals surface area contributed by atoms with E-state index in [-0.39, 0.29) is 53.2 Å². The van der Waals surface area contributed by atoms with Crippen molar-refractivity contribution in [3.05, 3.63) is 53.2 Å². The van der Waals surface area contributed by atoms with E-state index in [1.165, 1.54) is 6.07 Å². The molecule has 5 heterocycles. The van der Waals surface area contributed by atoms with Crippen molar-refractivity contribution >= 4 is 27.5 Å². The van der Waals surface area contributed by atoms with Crippen LogP contribution in [-0.2, 0) is 0 Å². The largest absolute Gasteiger partial charge is 0.462 e. The first-order chi connectivity index (χ1) is 20.8. The molecule has 3 saturated heterocycles. The summed E-state index contributed by atoms with van der Waals surface area (Å²) in [5.41, 5.74) is 0.310. The molecule has 3 aliphatic heterocycles. The standard InChI is InChI=1S/C33H29F3N6O/c1-4-23-25(35)12-9-18-7-6-8-24(27(18)23)30-29(36)31-28(26(5-2)38-30)32(42-15-20-10-11-21(16-42)37-20)40-33(39-31)43-17-22-13-19(34)14-41(22)3/h1-2,6-9,12,19-22,37H,10-11,13-17H2,3H3/t19-,20-,21+,22+/m1/s1. The molecular formula is C33H29F3N6O. The average Bonchev–Trinajstić information content (AvgIpc) is 3.53. The van der Waals surface area contributed by atoms with E-state index >= 15 is 4.39 Å². The molecule has 43 heavy (non-hydrogen) atoms. The zero-order valence-electron chi connectivity index (χ0n) is 23.6. The van der Waals surface area contributed by atoms with Crippen molar-refractivity contribution in [2.24, 2.45) is 0 Å². The van der Waals surface area contributed by atoms with E-state index < -0.39 is 17.8 Å². The molecule has 2 aromatic heterocycles. The first-order valence-electron chi connectivity index (χ1n) is 14.4. The van der Waals surface area contributed by atoms with Crippen molar-refractivity contribution in [1.82, 2.24) is 25.2 Å². The molecule has 0 unspecified atom stereocenters. The summed E-state index contributed by atoms with van der Waals surface area (Å²) in [7, 11) is 1.84. The molecule has 0 saturated carbocycles. The highest BCUT2D eigenvalue weighted by Gasteiger charge is 2.35. The third kappa shape index (κ3) is 4.71. The maximum atomic E-state index is 16.8. The molecule has 2 aromatic carbocycles. The van der Waals surface area contributed by atoms with Crippen LogP contribution in [0.5, 0.6) is 6.01 Å². The average molecular weight is 583 g/mol. The van der Waals surface area contributed by atoms with E-state index in [2.05, 4.69) is 32.0 Å². The first kappa shape index (κ1) is 27.5. The van der Waals surface area contributed by atoms with Gasteiger partial charge < -0.3 is 15.0 Å². The number of anilines is 1. The number of rotatable bonds is 5. The van der Waals surface area contributed by atoms with Gasteiger partial charge in [-0.05, 0) is 43.7 Å². The van der Waals surface area contributed by atoms with E-state index in [9.17, 15) is 8.78 Å². The van der Waals surface area contributed by atoms with Gasteiger partial charge in [-0.15, -0.1) is 12.8 Å². The van der Waals surface area contributed by atoms with Gasteiger partial charge in [0.25, 0.3) is 0 Å². The Balaban J connectivity index is 1.43. The Morgan fingerprint density at radius 1 is 1.00 bits per heavy atom. The highest BCUT2D eigenvalue weighted by atomic mass is 19.1. The van der Waals surface area contributed by atoms with Crippen LogP contribution in [0.25, 0.3) is 32.9 Å². The number of likely N-dealkylation sites (N-methyl/N-ethyl adjacent to an activating group) is 1. The summed E-state index contributed by atoms with van der Waals surface area (Å²) < 4.78 is 51.6. The number of piperazine rings is 1. The Hall–Kier alpha value is -4.38. The Morgan fingerprint density at radius 2 is 1.79 bits per heavy atom. The summed E-state index contributed by atoms with van der Waals surface area (Å²) in [6, 6.07) is 8.34. The highest BCUT2D eigenvalue weighted by Crippen LogP contribution is 2.39. The second-order valence-corrected chi connectivity index (χ2v) is 11.6. The first-order valence-corrected chi connectivity index (χ1v) is 14.4. The number of nitrogens with one attached hydrogen (secondary N) is 1. The second kappa shape index (κ2) is 10.7. The van der Waals surface area contributed by atoms with Crippen LogP contribution < -0.4 is 15.0 Å². The van der Waals surface area contributed by atoms with Crippen molar-refractivity contribution in [2.75, 3.05) is 38.2 Å². The molecule has 7 nitrogen and oxygen atoms in total. The number of aromatic nitrogens is 3. The maximum absolute atomic E-state index is 16.8. The van der Waals surface area contributed by atoms with Gasteiger partial charge in [0, 0.05) is 48.7 Å². The number of hydrogen-bond acceptors (Lipinski definition) is 7. The van der Waals surface area contributed by atoms with E-state index in [0.717, 1.165) is 12.8 Å². The fourth-order valence-electron chi connectivity index (χ4n) is 6.75. The highest BCUT2D eigenvalue weighted by molar-refractivity contribution is 6.03. The van der Waals surface area contributed by atoms with Crippen molar-refractivity contribution in [2.45, 2.75) is 43.6 Å². The number of pyridine rings is 1. The third-order valence-corrected chi connectivity index (χ3v) is 8.83. The SMILES string of the molecule is C#Cc1c(F)ccc2cccc(-c3nc(C#C)c4c(N5C[C@H]6CC[C@@H](C5)N6)nc(OC[C@@H]5C[C@@H](F)CN5C)nc4c3F)c12. The Morgan fingerprint density at radius 3 is 2.49 bits per heavy atom. The Kier molecular flexibility index (Phi) is 6.84. The molecular weight excluding hydrogens is 553 g/mol. The number of fused-ring (bicyclic) bond motifs is 4. The van der Waals surface area contributed by atoms with Crippen molar-refractivity contribution in [3.8, 4) is 42.0 Å². The maximum Gasteiger partial charge on any atom is 0.319 e. The lowest BCUT2D eigenvalue weighted by Gasteiger charge is -2.34. The molecule has 3 aliphatic rings. The normalized spacial score (nSPS) is 23.5. The van der Waals surface area contributed by atoms with Crippen LogP contribution in [0.3, 0.4) is 0 Å². The van der Waals surface area contributed by atoms with Gasteiger partial charge in [0.15, 0.2) is 5.82 Å². The van der Waals surface area contributed by atoms with Gasteiger partial charge in [-0.25, -0.2) is 18.2 Å². The van der Waals surface area contributed by atoms with Gasteiger partial charge in [0.05, 0.1) is 10.9 Å². The minimum atomic E-state index is -0.939. The predicted molar refractivity (Wildman–Crippen MR) is 160 cm³/mol. The molecule has 10 heteroatoms. The molecule has 2 bridgehead atoms. The van der Waals surface area contributed by atoms with Crippen LogP contribution >= 0.6 is 0 Å². The number of benzene rings is 2. The molecule has 0 spiro atoms. The third-order valence-electron chi connectivity index (χ3n) is 8.83. The van der Waals surface area contributed by atoms with Crippen molar-refractivity contribution < 1.29 is 17.9 Å². The van der Waals surface area contributed by atoms with E-state index in [0.29, 0.717) is 53.6 Å². The Labute approximate surface area is 247 Å². The molecule has 1 N–H and O–H groups in total. The summed E-state index contributed by atoms with van der Waals surface area (Å²) in [6.07, 6.45) is 13.1. The predicted octanol–water partition coefficient (Wildman–Crippen LogP) is 4.45. The van der Waals surface area contributed by atoms with Gasteiger partial charge in [0.2, 0.25) is 0 Å². The molecule has 3 fully saturated rings. The van der Waals surface area contributed by atoms with Crippen LogP contribution in [0, 0.1) is 36.3 Å². The molecule has 218 valence electrons. The van der Waals surface area contributed by atoms with E-state index in [1.807, 2.05) is 11.9 Å². The summed E-state index contributed by atoms with van der Waals surface area (Å²) in [6.45, 7) is 1.77. The topological polar surface area (TPSA) is 66.4 Å². The lowest BCUT2D eigenvalue weighted by molar-refractivity contribution is 0.188. The number of halogens is 3. The van der Waals surface area contributed by atoms with Crippen LogP contribution in [0.4, 0.5) is 19.0 Å². The van der Waals surface area contributed by atoms with Gasteiger partial charge in [-0.3, -0.25) is 4.90 Å². The second-order valence-electron chi connectivity index (χ2n) is 11.6. The molecule has 7 rings (SSSR count). The zero-order chi connectivity index (χ0) is 29.8. The fraction of sp³-hybridized carbons (Fsp3) is 0.364. The van der Waals surface area contributed by atoms with Crippen LogP contribution in [0.1, 0.15) is 30.5 Å². The summed E-state index contributed by atoms with van der Waals surface area (Å²) in [5.74, 6) is 4.12. The smallest absolute Gasteiger partial charge is 0.319 e. The van der Waals surface area contributed by atoms with Gasteiger partial charge in [0.1, 0.15) is 41.3 Å². The van der Waals surface area contributed by atoms with E-state index in [4.69, 9.17) is 22.6 Å². The molecule has 0 aliphatic carbocycles. The van der Waals surface area contributed by atoms with E-state index in [1.54, 1.807) is 24.3 Å². The number of likely N-dealkylation sites (tertiary alicyclic amines) is 1. The van der Waals surface area contributed by atoms with Crippen molar-refractivity contribution in [3.63, 3.8) is 0 Å². The molecule has 0 radical (unpaired) electrons. The molecule has 4 aromatic rings. The molecule has 0 amide bonds. The van der Waals surface area contributed by atoms with Crippen LogP contribution in [0.15, 0.2) is 30.3 Å². The quantitative estimate of drug-likeness (QED) is 0.349. The lowest BCUT2D eigenvalue weighted by atomic mass is 9.96. The minimum Gasteiger partial charge on any atom is -0.462 e. The summed E-state index contributed by atoms with van der Waals surface area (Å²) >= 11 is 0. The number of nitrogens with zero attached hydrogens (tertiary/aromatic N) is 5. The Bertz CT molecular complexity index is 1840. The fourth-order valence-corrected chi connectivity index (χ4v) is 6.75. The lowest BCUT2D eigenvalue weighted by Crippen LogP contribution is -2.51. The number of alkyl halides is 1. The number of terminal acetylenes is 2. The van der Waals surface area contributed by atoms with Crippen LogP contribution in [0.2, 0.25) is 0 Å². The van der Waals surface area contributed by atoms with Crippen molar-refractivity contribution in [1.29, 1.82) is 0 Å². The summed E-state index contributed by atoms with van der Waals surface area (Å²) in [4.78, 5) is 17.8. The van der Waals surface area contributed by atoms with Gasteiger partial charge in [-0.2, -0.15) is 9.97 Å². The van der Waals surface area contributed by atoms with Crippen LogP contribution in [-0.4, -0.2) is 77.4 Å².